The van der Waals surface area contributed by atoms with Crippen LogP contribution in [0.3, 0.4) is 0 Å². The van der Waals surface area contributed by atoms with E-state index >= 15 is 0 Å². The van der Waals surface area contributed by atoms with Crippen LogP contribution >= 0.6 is 0 Å². The van der Waals surface area contributed by atoms with Crippen LogP contribution in [0.25, 0.3) is 0 Å². The SMILES string of the molecule is NC(=O)CC[C@H](NC(=O)N(CCO)CC(F)F)C(=O)O. The van der Waals surface area contributed by atoms with E-state index in [0.717, 1.165) is 0 Å². The maximum absolute atomic E-state index is 12.2. The number of rotatable bonds is 9. The molecule has 0 radical (unpaired) electrons. The molecule has 0 aliphatic heterocycles. The summed E-state index contributed by atoms with van der Waals surface area (Å²) in [4.78, 5) is 33.6. The Kier molecular flexibility index (Phi) is 8.13. The van der Waals surface area contributed by atoms with Gasteiger partial charge in [-0.15, -0.1) is 0 Å². The molecule has 0 saturated carbocycles. The Morgan fingerprint density at radius 3 is 2.30 bits per heavy atom. The Labute approximate surface area is 113 Å². The molecule has 5 N–H and O–H groups in total. The number of halogens is 2. The van der Waals surface area contributed by atoms with Crippen LogP contribution in [0.4, 0.5) is 13.6 Å². The van der Waals surface area contributed by atoms with Crippen molar-refractivity contribution in [2.75, 3.05) is 19.7 Å². The minimum atomic E-state index is -2.82. The summed E-state index contributed by atoms with van der Waals surface area (Å²) >= 11 is 0. The van der Waals surface area contributed by atoms with Gasteiger partial charge in [-0.05, 0) is 6.42 Å². The standard InChI is InChI=1S/C10H17F2N3O5/c11-7(12)5-15(3-4-16)10(20)14-6(9(18)19)1-2-8(13)17/h6-7,16H,1-5H2,(H2,13,17)(H,14,20)(H,18,19)/t6-/m0/s1. The number of nitrogens with one attached hydrogen (secondary N) is 1. The van der Waals surface area contributed by atoms with Gasteiger partial charge in [0, 0.05) is 13.0 Å². The van der Waals surface area contributed by atoms with Gasteiger partial charge in [-0.2, -0.15) is 0 Å². The van der Waals surface area contributed by atoms with Crippen LogP contribution in [0.1, 0.15) is 12.8 Å². The summed E-state index contributed by atoms with van der Waals surface area (Å²) in [6, 6.07) is -2.48. The molecule has 20 heavy (non-hydrogen) atoms. The molecular formula is C10H17F2N3O5. The maximum atomic E-state index is 12.2. The molecule has 1 atom stereocenters. The number of urea groups is 1. The zero-order valence-electron chi connectivity index (χ0n) is 10.6. The molecule has 0 aromatic heterocycles. The van der Waals surface area contributed by atoms with E-state index in [2.05, 4.69) is 0 Å². The lowest BCUT2D eigenvalue weighted by molar-refractivity contribution is -0.139. The molecule has 8 nitrogen and oxygen atoms in total. The number of primary amides is 1. The summed E-state index contributed by atoms with van der Waals surface area (Å²) in [7, 11) is 0. The van der Waals surface area contributed by atoms with Crippen molar-refractivity contribution in [2.24, 2.45) is 5.73 Å². The van der Waals surface area contributed by atoms with E-state index < -0.39 is 43.5 Å². The number of hydrogen-bond acceptors (Lipinski definition) is 4. The number of carboxylic acid groups (broad SMARTS) is 1. The molecule has 3 amide bonds. The van der Waals surface area contributed by atoms with Crippen LogP contribution in [0, 0.1) is 0 Å². The van der Waals surface area contributed by atoms with Crippen molar-refractivity contribution in [1.29, 1.82) is 0 Å². The lowest BCUT2D eigenvalue weighted by Crippen LogP contribution is -2.50. The molecule has 0 heterocycles. The second-order valence-corrected chi connectivity index (χ2v) is 3.91. The molecule has 0 aliphatic rings. The van der Waals surface area contributed by atoms with Crippen LogP contribution < -0.4 is 11.1 Å². The third kappa shape index (κ3) is 7.46. The topological polar surface area (TPSA) is 133 Å². The first kappa shape index (κ1) is 18.0. The quantitative estimate of drug-likeness (QED) is 0.432. The first-order valence-electron chi connectivity index (χ1n) is 5.73. The minimum absolute atomic E-state index is 0.252. The van der Waals surface area contributed by atoms with Gasteiger partial charge in [-0.3, -0.25) is 4.79 Å². The monoisotopic (exact) mass is 297 g/mol. The van der Waals surface area contributed by atoms with Crippen LogP contribution in [0.15, 0.2) is 0 Å². The second kappa shape index (κ2) is 9.02. The van der Waals surface area contributed by atoms with E-state index in [4.69, 9.17) is 15.9 Å². The number of alkyl halides is 2. The predicted molar refractivity (Wildman–Crippen MR) is 63.0 cm³/mol. The third-order valence-corrected chi connectivity index (χ3v) is 2.29. The number of hydrogen-bond donors (Lipinski definition) is 4. The highest BCUT2D eigenvalue weighted by molar-refractivity contribution is 5.83. The Balaban J connectivity index is 4.60. The maximum Gasteiger partial charge on any atom is 0.326 e. The summed E-state index contributed by atoms with van der Waals surface area (Å²) in [5, 5.41) is 19.5. The average molecular weight is 297 g/mol. The Hall–Kier alpha value is -1.97. The molecule has 0 aromatic carbocycles. The van der Waals surface area contributed by atoms with E-state index in [0.29, 0.717) is 4.90 Å². The van der Waals surface area contributed by atoms with E-state index in [1.807, 2.05) is 5.32 Å². The fraction of sp³-hybridized carbons (Fsp3) is 0.700. The fourth-order valence-corrected chi connectivity index (χ4v) is 1.35. The van der Waals surface area contributed by atoms with Crippen LogP contribution in [-0.2, 0) is 9.59 Å². The number of carbonyl (C=O) groups excluding carboxylic acids is 2. The van der Waals surface area contributed by atoms with E-state index in [1.165, 1.54) is 0 Å². The molecule has 0 saturated heterocycles. The number of nitrogens with zero attached hydrogens (tertiary/aromatic N) is 1. The Morgan fingerprint density at radius 2 is 1.90 bits per heavy atom. The number of carbonyl (C=O) groups is 3. The number of nitrogens with two attached hydrogens (primary N) is 1. The molecule has 116 valence electrons. The van der Waals surface area contributed by atoms with Gasteiger partial charge < -0.3 is 26.2 Å². The molecule has 0 spiro atoms. The second-order valence-electron chi connectivity index (χ2n) is 3.91. The van der Waals surface area contributed by atoms with Crippen molar-refractivity contribution in [3.05, 3.63) is 0 Å². The fourth-order valence-electron chi connectivity index (χ4n) is 1.35. The zero-order chi connectivity index (χ0) is 15.7. The highest BCUT2D eigenvalue weighted by atomic mass is 19.3. The minimum Gasteiger partial charge on any atom is -0.480 e. The van der Waals surface area contributed by atoms with Gasteiger partial charge in [-0.1, -0.05) is 0 Å². The van der Waals surface area contributed by atoms with Crippen molar-refractivity contribution in [2.45, 2.75) is 25.3 Å². The van der Waals surface area contributed by atoms with Crippen molar-refractivity contribution in [3.8, 4) is 0 Å². The molecule has 0 aromatic rings. The summed E-state index contributed by atoms with van der Waals surface area (Å²) in [5.74, 6) is -2.16. The first-order valence-corrected chi connectivity index (χ1v) is 5.73. The predicted octanol–water partition coefficient (Wildman–Crippen LogP) is -1.03. The molecule has 0 bridgehead atoms. The number of aliphatic hydroxyl groups is 1. The van der Waals surface area contributed by atoms with Crippen molar-refractivity contribution in [3.63, 3.8) is 0 Å². The molecule has 10 heteroatoms. The number of aliphatic carboxylic acids is 1. The van der Waals surface area contributed by atoms with Gasteiger partial charge in [0.1, 0.15) is 6.04 Å². The zero-order valence-corrected chi connectivity index (χ0v) is 10.6. The largest absolute Gasteiger partial charge is 0.480 e. The van der Waals surface area contributed by atoms with Crippen molar-refractivity contribution in [1.82, 2.24) is 10.2 Å². The van der Waals surface area contributed by atoms with E-state index in [9.17, 15) is 23.2 Å². The van der Waals surface area contributed by atoms with Gasteiger partial charge in [0.25, 0.3) is 6.43 Å². The van der Waals surface area contributed by atoms with Gasteiger partial charge in [0.05, 0.1) is 13.2 Å². The number of amides is 3. The van der Waals surface area contributed by atoms with Crippen LogP contribution in [-0.4, -0.2) is 65.2 Å². The van der Waals surface area contributed by atoms with E-state index in [1.54, 1.807) is 0 Å². The highest BCUT2D eigenvalue weighted by Crippen LogP contribution is 2.02. The van der Waals surface area contributed by atoms with E-state index in [-0.39, 0.29) is 19.4 Å². The Morgan fingerprint density at radius 1 is 1.30 bits per heavy atom. The summed E-state index contributed by atoms with van der Waals surface area (Å²) in [5.41, 5.74) is 4.86. The molecule has 0 unspecified atom stereocenters. The Bertz CT molecular complexity index is 354. The summed E-state index contributed by atoms with van der Waals surface area (Å²) in [6.07, 6.45) is -3.34. The van der Waals surface area contributed by atoms with Crippen molar-refractivity contribution < 1.29 is 33.4 Å². The van der Waals surface area contributed by atoms with Gasteiger partial charge in [0.2, 0.25) is 5.91 Å². The molecule has 0 aliphatic carbocycles. The third-order valence-electron chi connectivity index (χ3n) is 2.29. The summed E-state index contributed by atoms with van der Waals surface area (Å²) in [6.45, 7) is -1.84. The van der Waals surface area contributed by atoms with Crippen molar-refractivity contribution >= 4 is 17.9 Å². The van der Waals surface area contributed by atoms with Gasteiger partial charge in [0.15, 0.2) is 0 Å². The molecular weight excluding hydrogens is 280 g/mol. The summed E-state index contributed by atoms with van der Waals surface area (Å²) < 4.78 is 24.5. The van der Waals surface area contributed by atoms with Crippen LogP contribution in [0.5, 0.6) is 0 Å². The molecule has 0 rings (SSSR count). The smallest absolute Gasteiger partial charge is 0.326 e. The lowest BCUT2D eigenvalue weighted by atomic mass is 10.1. The highest BCUT2D eigenvalue weighted by Gasteiger charge is 2.24. The van der Waals surface area contributed by atoms with Crippen LogP contribution in [0.2, 0.25) is 0 Å². The normalized spacial score (nSPS) is 12.0. The lowest BCUT2D eigenvalue weighted by Gasteiger charge is -2.24. The van der Waals surface area contributed by atoms with Gasteiger partial charge in [-0.25, -0.2) is 18.4 Å². The molecule has 0 fully saturated rings. The number of aliphatic hydroxyl groups excluding tert-OH is 1. The van der Waals surface area contributed by atoms with Gasteiger partial charge >= 0.3 is 12.0 Å². The number of carboxylic acids is 1. The average Bonchev–Trinajstić information content (AvgIpc) is 2.32. The first-order chi connectivity index (χ1) is 9.27.